The molecule has 0 amide bonds. The maximum atomic E-state index is 6.74. The molecule has 1 aliphatic heterocycles. The van der Waals surface area contributed by atoms with Crippen LogP contribution in [0.15, 0.2) is 24.3 Å². The van der Waals surface area contributed by atoms with Gasteiger partial charge in [0.05, 0.1) is 4.87 Å². The number of benzene rings is 1. The largest absolute Gasteiger partial charge is 0.380 e. The fraction of sp³-hybridized carbons (Fsp3) is 0.500. The average Bonchev–Trinajstić information content (AvgIpc) is 2.51. The first kappa shape index (κ1) is 8.60. The Morgan fingerprint density at radius 1 is 1.29 bits per heavy atom. The van der Waals surface area contributed by atoms with Crippen molar-refractivity contribution < 1.29 is 0 Å². The highest BCUT2D eigenvalue weighted by Gasteiger charge is 2.46. The van der Waals surface area contributed by atoms with E-state index < -0.39 is 0 Å². The Labute approximate surface area is 89.5 Å². The summed E-state index contributed by atoms with van der Waals surface area (Å²) >= 11 is 6.74. The van der Waals surface area contributed by atoms with Crippen molar-refractivity contribution >= 4 is 17.3 Å². The highest BCUT2D eigenvalue weighted by atomic mass is 35.5. The number of hydrogen-bond acceptors (Lipinski definition) is 1. The summed E-state index contributed by atoms with van der Waals surface area (Å²) in [6.07, 6.45) is 4.89. The molecule has 2 unspecified atom stereocenters. The Morgan fingerprint density at radius 3 is 3.07 bits per heavy atom. The zero-order valence-electron chi connectivity index (χ0n) is 8.09. The summed E-state index contributed by atoms with van der Waals surface area (Å²) in [4.78, 5) is -0.116. The summed E-state index contributed by atoms with van der Waals surface area (Å²) in [6, 6.07) is 8.92. The van der Waals surface area contributed by atoms with Gasteiger partial charge in [0.1, 0.15) is 0 Å². The van der Waals surface area contributed by atoms with Crippen LogP contribution in [0.1, 0.15) is 31.2 Å². The Morgan fingerprint density at radius 2 is 2.14 bits per heavy atom. The van der Waals surface area contributed by atoms with E-state index >= 15 is 0 Å². The van der Waals surface area contributed by atoms with E-state index in [0.717, 1.165) is 6.42 Å². The molecule has 1 nitrogen and oxygen atoms in total. The highest BCUT2D eigenvalue weighted by Crippen LogP contribution is 2.51. The SMILES string of the molecule is ClC12CCCCC1Nc1ccccc12. The first-order chi connectivity index (χ1) is 6.81. The topological polar surface area (TPSA) is 12.0 Å². The van der Waals surface area contributed by atoms with Crippen LogP contribution in [0, 0.1) is 0 Å². The minimum Gasteiger partial charge on any atom is -0.380 e. The summed E-state index contributed by atoms with van der Waals surface area (Å²) in [5.74, 6) is 0. The molecule has 14 heavy (non-hydrogen) atoms. The van der Waals surface area contributed by atoms with Gasteiger partial charge in [-0.3, -0.25) is 0 Å². The van der Waals surface area contributed by atoms with Gasteiger partial charge in [0, 0.05) is 11.7 Å². The number of para-hydroxylation sites is 1. The maximum Gasteiger partial charge on any atom is 0.0915 e. The first-order valence-corrected chi connectivity index (χ1v) is 5.73. The third kappa shape index (κ3) is 1.02. The van der Waals surface area contributed by atoms with Gasteiger partial charge in [-0.15, -0.1) is 11.6 Å². The van der Waals surface area contributed by atoms with Crippen LogP contribution in [-0.4, -0.2) is 6.04 Å². The predicted octanol–water partition coefficient (Wildman–Crippen LogP) is 3.49. The van der Waals surface area contributed by atoms with Gasteiger partial charge in [0.25, 0.3) is 0 Å². The minimum atomic E-state index is -0.116. The van der Waals surface area contributed by atoms with Crippen molar-refractivity contribution in [3.8, 4) is 0 Å². The van der Waals surface area contributed by atoms with Gasteiger partial charge < -0.3 is 5.32 Å². The van der Waals surface area contributed by atoms with Gasteiger partial charge in [-0.05, 0) is 24.5 Å². The van der Waals surface area contributed by atoms with Crippen molar-refractivity contribution in [2.45, 2.75) is 36.6 Å². The molecule has 1 heterocycles. The number of anilines is 1. The lowest BCUT2D eigenvalue weighted by atomic mass is 9.82. The maximum absolute atomic E-state index is 6.74. The van der Waals surface area contributed by atoms with Gasteiger partial charge in [-0.25, -0.2) is 0 Å². The van der Waals surface area contributed by atoms with Crippen molar-refractivity contribution in [2.24, 2.45) is 0 Å². The molecule has 1 saturated carbocycles. The molecule has 0 spiro atoms. The molecule has 2 aliphatic rings. The summed E-state index contributed by atoms with van der Waals surface area (Å²) in [7, 11) is 0. The van der Waals surface area contributed by atoms with Crippen molar-refractivity contribution in [1.29, 1.82) is 0 Å². The summed E-state index contributed by atoms with van der Waals surface area (Å²) < 4.78 is 0. The lowest BCUT2D eigenvalue weighted by molar-refractivity contribution is 0.380. The molecule has 1 fully saturated rings. The smallest absolute Gasteiger partial charge is 0.0915 e. The standard InChI is InChI=1S/C12H14ClN/c13-12-8-4-3-7-11(12)14-10-6-2-1-5-9(10)12/h1-2,5-6,11,14H,3-4,7-8H2. The van der Waals surface area contributed by atoms with Crippen LogP contribution in [0.5, 0.6) is 0 Å². The zero-order chi connectivity index (χ0) is 9.60. The van der Waals surface area contributed by atoms with Crippen LogP contribution in [-0.2, 0) is 4.87 Å². The van der Waals surface area contributed by atoms with Crippen molar-refractivity contribution in [3.05, 3.63) is 29.8 Å². The number of alkyl halides is 1. The number of rotatable bonds is 0. The van der Waals surface area contributed by atoms with Gasteiger partial charge >= 0.3 is 0 Å². The monoisotopic (exact) mass is 207 g/mol. The second-order valence-corrected chi connectivity index (χ2v) is 5.03. The molecule has 1 aromatic carbocycles. The quantitative estimate of drug-likeness (QED) is 0.643. The molecule has 74 valence electrons. The van der Waals surface area contributed by atoms with E-state index in [0.29, 0.717) is 6.04 Å². The lowest BCUT2D eigenvalue weighted by Gasteiger charge is -2.33. The molecule has 1 aromatic rings. The van der Waals surface area contributed by atoms with Crippen molar-refractivity contribution in [3.63, 3.8) is 0 Å². The second-order valence-electron chi connectivity index (χ2n) is 4.35. The fourth-order valence-electron chi connectivity index (χ4n) is 2.80. The highest BCUT2D eigenvalue weighted by molar-refractivity contribution is 6.26. The molecule has 2 heteroatoms. The summed E-state index contributed by atoms with van der Waals surface area (Å²) in [6.45, 7) is 0. The van der Waals surface area contributed by atoms with Gasteiger partial charge in [-0.2, -0.15) is 0 Å². The van der Waals surface area contributed by atoms with Crippen LogP contribution < -0.4 is 5.32 Å². The number of fused-ring (bicyclic) bond motifs is 3. The molecule has 2 atom stereocenters. The van der Waals surface area contributed by atoms with E-state index in [2.05, 4.69) is 29.6 Å². The molecular formula is C12H14ClN. The molecule has 1 aliphatic carbocycles. The van der Waals surface area contributed by atoms with Gasteiger partial charge in [0.2, 0.25) is 0 Å². The Bertz CT molecular complexity index is 363. The van der Waals surface area contributed by atoms with E-state index in [-0.39, 0.29) is 4.87 Å². The summed E-state index contributed by atoms with van der Waals surface area (Å²) in [5.41, 5.74) is 2.56. The number of nitrogens with one attached hydrogen (secondary N) is 1. The minimum absolute atomic E-state index is 0.116. The van der Waals surface area contributed by atoms with E-state index in [1.807, 2.05) is 0 Å². The molecule has 0 saturated heterocycles. The van der Waals surface area contributed by atoms with Crippen molar-refractivity contribution in [2.75, 3.05) is 5.32 Å². The lowest BCUT2D eigenvalue weighted by Crippen LogP contribution is -2.36. The van der Waals surface area contributed by atoms with Crippen LogP contribution in [0.25, 0.3) is 0 Å². The van der Waals surface area contributed by atoms with Crippen LogP contribution in [0.3, 0.4) is 0 Å². The zero-order valence-corrected chi connectivity index (χ0v) is 8.85. The van der Waals surface area contributed by atoms with Crippen LogP contribution >= 0.6 is 11.6 Å². The Balaban J connectivity index is 2.10. The van der Waals surface area contributed by atoms with E-state index in [1.165, 1.54) is 30.5 Å². The van der Waals surface area contributed by atoms with E-state index in [9.17, 15) is 0 Å². The van der Waals surface area contributed by atoms with Crippen molar-refractivity contribution in [1.82, 2.24) is 0 Å². The van der Waals surface area contributed by atoms with E-state index in [4.69, 9.17) is 11.6 Å². The van der Waals surface area contributed by atoms with Crippen LogP contribution in [0.2, 0.25) is 0 Å². The molecule has 1 N–H and O–H groups in total. The van der Waals surface area contributed by atoms with E-state index in [1.54, 1.807) is 0 Å². The second kappa shape index (κ2) is 2.90. The van der Waals surface area contributed by atoms with Crippen LogP contribution in [0.4, 0.5) is 5.69 Å². The third-order valence-electron chi connectivity index (χ3n) is 3.54. The number of halogens is 1. The Hall–Kier alpha value is -0.690. The molecule has 0 radical (unpaired) electrons. The average molecular weight is 208 g/mol. The third-order valence-corrected chi connectivity index (χ3v) is 4.20. The van der Waals surface area contributed by atoms with Gasteiger partial charge in [-0.1, -0.05) is 31.0 Å². The molecule has 0 aromatic heterocycles. The normalized spacial score (nSPS) is 34.5. The first-order valence-electron chi connectivity index (χ1n) is 5.36. The molecular weight excluding hydrogens is 194 g/mol. The van der Waals surface area contributed by atoms with Gasteiger partial charge in [0.15, 0.2) is 0 Å². The number of hydrogen-bond donors (Lipinski definition) is 1. The molecule has 0 bridgehead atoms. The summed E-state index contributed by atoms with van der Waals surface area (Å²) in [5, 5.41) is 3.54. The molecule has 3 rings (SSSR count). The predicted molar refractivity (Wildman–Crippen MR) is 59.9 cm³/mol. The fourth-order valence-corrected chi connectivity index (χ4v) is 3.26. The Kier molecular flexibility index (Phi) is 1.78.